The molecule has 6 N–H and O–H groups in total. The molecule has 1 unspecified atom stereocenters. The molecule has 32 heavy (non-hydrogen) atoms. The zero-order chi connectivity index (χ0) is 24.9. The van der Waals surface area contributed by atoms with Crippen LogP contribution >= 0.6 is 0 Å². The molecule has 0 bridgehead atoms. The van der Waals surface area contributed by atoms with Gasteiger partial charge in [0.05, 0.1) is 0 Å². The van der Waals surface area contributed by atoms with Crippen LogP contribution in [0.2, 0.25) is 0 Å². The smallest absolute Gasteiger partial charge is 0.398 e. The number of nitrogens with two attached hydrogens (primary N) is 2. The number of aliphatic hydroxyl groups is 2. The number of halogens is 9. The molecule has 0 fully saturated rings. The second-order valence-electron chi connectivity index (χ2n) is 7.30. The van der Waals surface area contributed by atoms with Crippen LogP contribution in [-0.2, 0) is 17.6 Å². The summed E-state index contributed by atoms with van der Waals surface area (Å²) in [5, 5.41) is 19.3. The Morgan fingerprint density at radius 2 is 1.12 bits per heavy atom. The molecule has 0 aliphatic rings. The van der Waals surface area contributed by atoms with Crippen LogP contribution in [0.4, 0.5) is 50.9 Å². The molecular formula is C19H17F9N2O2. The fraction of sp³-hybridized carbons (Fsp3) is 0.368. The Kier molecular flexibility index (Phi) is 6.18. The van der Waals surface area contributed by atoms with Crippen LogP contribution < -0.4 is 11.5 Å². The summed E-state index contributed by atoms with van der Waals surface area (Å²) in [6.07, 6.45) is -17.6. The minimum Gasteiger partial charge on any atom is -0.398 e. The lowest BCUT2D eigenvalue weighted by atomic mass is 9.88. The molecule has 4 nitrogen and oxygen atoms in total. The number of alkyl halides is 9. The maximum absolute atomic E-state index is 13.1. The standard InChI is InChI=1S/C19H17F9N2O2/c1-15(31,17(20,21)22)12-7-9(3-5-13(12)29)6-10-2-4-11(14(30)8-10)16(32,18(23,24)25)19(26,27)28/h2-5,7-8,31-32H,6,29-30H2,1H3. The SMILES string of the molecule is CC(O)(c1cc(Cc2ccc(C(O)(C(F)(F)F)C(F)(F)F)c(N)c2)ccc1N)C(F)(F)F. The van der Waals surface area contributed by atoms with Gasteiger partial charge in [0.1, 0.15) is 0 Å². The molecule has 0 radical (unpaired) electrons. The molecule has 2 rings (SSSR count). The van der Waals surface area contributed by atoms with E-state index in [2.05, 4.69) is 0 Å². The molecule has 0 aromatic heterocycles. The van der Waals surface area contributed by atoms with Crippen molar-refractivity contribution >= 4 is 11.4 Å². The number of anilines is 2. The van der Waals surface area contributed by atoms with E-state index in [1.165, 1.54) is 6.07 Å². The topological polar surface area (TPSA) is 92.5 Å². The zero-order valence-corrected chi connectivity index (χ0v) is 16.1. The second-order valence-corrected chi connectivity index (χ2v) is 7.30. The van der Waals surface area contributed by atoms with E-state index in [1.54, 1.807) is 0 Å². The average Bonchev–Trinajstić information content (AvgIpc) is 2.60. The predicted octanol–water partition coefficient (Wildman–Crippen LogP) is 4.52. The summed E-state index contributed by atoms with van der Waals surface area (Å²) in [6, 6.07) is 5.12. The Morgan fingerprint density at radius 1 is 0.656 bits per heavy atom. The first-order valence-corrected chi connectivity index (χ1v) is 8.66. The van der Waals surface area contributed by atoms with Crippen LogP contribution in [0.1, 0.15) is 29.2 Å². The third-order valence-corrected chi connectivity index (χ3v) is 4.93. The highest BCUT2D eigenvalue weighted by Crippen LogP contribution is 2.51. The molecule has 2 aromatic rings. The van der Waals surface area contributed by atoms with Gasteiger partial charge < -0.3 is 21.7 Å². The van der Waals surface area contributed by atoms with E-state index in [9.17, 15) is 49.7 Å². The molecular weight excluding hydrogens is 459 g/mol. The lowest BCUT2D eigenvalue weighted by Gasteiger charge is -2.33. The molecule has 0 heterocycles. The molecule has 0 amide bonds. The van der Waals surface area contributed by atoms with Crippen molar-refractivity contribution in [2.24, 2.45) is 0 Å². The Labute approximate surface area is 175 Å². The Balaban J connectivity index is 2.48. The lowest BCUT2D eigenvalue weighted by Crippen LogP contribution is -2.54. The van der Waals surface area contributed by atoms with Crippen molar-refractivity contribution in [1.82, 2.24) is 0 Å². The molecule has 2 aromatic carbocycles. The van der Waals surface area contributed by atoms with Gasteiger partial charge in [-0.25, -0.2) is 0 Å². The van der Waals surface area contributed by atoms with E-state index < -0.39 is 46.5 Å². The summed E-state index contributed by atoms with van der Waals surface area (Å²) < 4.78 is 118. The molecule has 1 atom stereocenters. The van der Waals surface area contributed by atoms with Crippen molar-refractivity contribution in [1.29, 1.82) is 0 Å². The van der Waals surface area contributed by atoms with Gasteiger partial charge in [0, 0.05) is 22.5 Å². The van der Waals surface area contributed by atoms with Gasteiger partial charge in [-0.05, 0) is 36.6 Å². The van der Waals surface area contributed by atoms with E-state index >= 15 is 0 Å². The van der Waals surface area contributed by atoms with Gasteiger partial charge in [-0.3, -0.25) is 0 Å². The van der Waals surface area contributed by atoms with Crippen LogP contribution in [0, 0.1) is 0 Å². The normalized spacial score (nSPS) is 15.5. The quantitative estimate of drug-likeness (QED) is 0.386. The lowest BCUT2D eigenvalue weighted by molar-refractivity contribution is -0.376. The van der Waals surface area contributed by atoms with E-state index in [0.717, 1.165) is 24.3 Å². The first-order chi connectivity index (χ1) is 14.2. The van der Waals surface area contributed by atoms with E-state index in [4.69, 9.17) is 11.5 Å². The monoisotopic (exact) mass is 476 g/mol. The van der Waals surface area contributed by atoms with Crippen molar-refractivity contribution < 1.29 is 49.7 Å². The van der Waals surface area contributed by atoms with E-state index in [1.807, 2.05) is 0 Å². The average molecular weight is 476 g/mol. The van der Waals surface area contributed by atoms with Crippen molar-refractivity contribution in [3.8, 4) is 0 Å². The van der Waals surface area contributed by atoms with Crippen LogP contribution in [0.5, 0.6) is 0 Å². The summed E-state index contributed by atoms with van der Waals surface area (Å²) >= 11 is 0. The summed E-state index contributed by atoms with van der Waals surface area (Å²) in [5.41, 5.74) is -1.25. The zero-order valence-electron chi connectivity index (χ0n) is 16.1. The highest BCUT2D eigenvalue weighted by atomic mass is 19.4. The Bertz CT molecular complexity index is 982. The summed E-state index contributed by atoms with van der Waals surface area (Å²) in [5.74, 6) is 0. The second kappa shape index (κ2) is 7.73. The molecule has 13 heteroatoms. The number of nitrogen functional groups attached to an aromatic ring is 2. The number of hydrogen-bond donors (Lipinski definition) is 4. The van der Waals surface area contributed by atoms with Gasteiger partial charge in [0.15, 0.2) is 5.60 Å². The Hall–Kier alpha value is -2.67. The molecule has 178 valence electrons. The van der Waals surface area contributed by atoms with Crippen molar-refractivity contribution in [2.75, 3.05) is 11.5 Å². The first kappa shape index (κ1) is 25.6. The molecule has 0 aliphatic heterocycles. The molecule has 0 saturated heterocycles. The van der Waals surface area contributed by atoms with Gasteiger partial charge in [0.25, 0.3) is 5.60 Å². The van der Waals surface area contributed by atoms with Gasteiger partial charge in [-0.1, -0.05) is 24.3 Å². The van der Waals surface area contributed by atoms with Crippen molar-refractivity contribution in [3.05, 3.63) is 58.7 Å². The maximum atomic E-state index is 13.1. The van der Waals surface area contributed by atoms with Gasteiger partial charge in [-0.2, -0.15) is 39.5 Å². The van der Waals surface area contributed by atoms with Crippen LogP contribution in [0.15, 0.2) is 36.4 Å². The number of rotatable bonds is 4. The van der Waals surface area contributed by atoms with E-state index in [0.29, 0.717) is 13.0 Å². The summed E-state index contributed by atoms with van der Waals surface area (Å²) in [7, 11) is 0. The first-order valence-electron chi connectivity index (χ1n) is 8.66. The fourth-order valence-corrected chi connectivity index (χ4v) is 3.04. The predicted molar refractivity (Wildman–Crippen MR) is 96.1 cm³/mol. The van der Waals surface area contributed by atoms with Crippen molar-refractivity contribution in [2.45, 2.75) is 43.1 Å². The maximum Gasteiger partial charge on any atom is 0.430 e. The highest BCUT2D eigenvalue weighted by Gasteiger charge is 2.72. The summed E-state index contributed by atoms with van der Waals surface area (Å²) in [4.78, 5) is 0. The fourth-order valence-electron chi connectivity index (χ4n) is 3.04. The molecule has 0 aliphatic carbocycles. The molecule has 0 spiro atoms. The minimum absolute atomic E-state index is 0.0281. The minimum atomic E-state index is -6.13. The third-order valence-electron chi connectivity index (χ3n) is 4.93. The molecule has 0 saturated carbocycles. The summed E-state index contributed by atoms with van der Waals surface area (Å²) in [6.45, 7) is 0.477. The van der Waals surface area contributed by atoms with Gasteiger partial charge in [-0.15, -0.1) is 0 Å². The number of hydrogen-bond acceptors (Lipinski definition) is 4. The van der Waals surface area contributed by atoms with Crippen LogP contribution in [0.25, 0.3) is 0 Å². The number of benzene rings is 2. The highest BCUT2D eigenvalue weighted by molar-refractivity contribution is 5.56. The van der Waals surface area contributed by atoms with Gasteiger partial charge >= 0.3 is 18.5 Å². The van der Waals surface area contributed by atoms with E-state index in [-0.39, 0.29) is 23.2 Å². The Morgan fingerprint density at radius 3 is 1.56 bits per heavy atom. The van der Waals surface area contributed by atoms with Crippen molar-refractivity contribution in [3.63, 3.8) is 0 Å². The van der Waals surface area contributed by atoms with Crippen LogP contribution in [0.3, 0.4) is 0 Å². The van der Waals surface area contributed by atoms with Gasteiger partial charge in [0.2, 0.25) is 0 Å². The van der Waals surface area contributed by atoms with Crippen LogP contribution in [-0.4, -0.2) is 28.7 Å². The largest absolute Gasteiger partial charge is 0.430 e. The third kappa shape index (κ3) is 4.31.